The third-order valence-electron chi connectivity index (χ3n) is 5.59. The minimum atomic E-state index is -0.141. The standard InChI is InChI=1S/C26H22N4O2S/c1-3-23(31)30(2)12-13-32-21-16-27-11-8-19(21)25-24(26-20(29-25)5-4-10-28-26)18-7-6-17-9-14-33-22(17)15-18/h3-11,14-16,29H,1,12-13H2,2H3. The summed E-state index contributed by atoms with van der Waals surface area (Å²) in [6.07, 6.45) is 6.56. The van der Waals surface area contributed by atoms with Gasteiger partial charge in [-0.2, -0.15) is 0 Å². The van der Waals surface area contributed by atoms with Crippen molar-refractivity contribution in [2.24, 2.45) is 0 Å². The van der Waals surface area contributed by atoms with E-state index in [1.807, 2.05) is 24.4 Å². The molecule has 0 aliphatic carbocycles. The van der Waals surface area contributed by atoms with Gasteiger partial charge in [0.15, 0.2) is 0 Å². The van der Waals surface area contributed by atoms with Gasteiger partial charge in [0.2, 0.25) is 5.91 Å². The number of benzene rings is 1. The molecule has 0 saturated heterocycles. The third kappa shape index (κ3) is 3.99. The summed E-state index contributed by atoms with van der Waals surface area (Å²) in [5, 5.41) is 3.33. The number of pyridine rings is 2. The lowest BCUT2D eigenvalue weighted by atomic mass is 10.00. The average molecular weight is 455 g/mol. The molecule has 0 atom stereocenters. The molecule has 0 aliphatic rings. The summed E-state index contributed by atoms with van der Waals surface area (Å²) < 4.78 is 7.30. The van der Waals surface area contributed by atoms with Gasteiger partial charge >= 0.3 is 0 Å². The molecule has 4 heterocycles. The molecule has 0 bridgehead atoms. The van der Waals surface area contributed by atoms with Crippen LogP contribution in [0.15, 0.2) is 79.1 Å². The predicted octanol–water partition coefficient (Wildman–Crippen LogP) is 5.53. The van der Waals surface area contributed by atoms with Gasteiger partial charge in [-0.1, -0.05) is 18.7 Å². The van der Waals surface area contributed by atoms with Crippen LogP contribution < -0.4 is 4.74 Å². The summed E-state index contributed by atoms with van der Waals surface area (Å²) in [5.41, 5.74) is 5.78. The fourth-order valence-corrected chi connectivity index (χ4v) is 4.70. The van der Waals surface area contributed by atoms with Crippen LogP contribution in [0, 0.1) is 0 Å². The van der Waals surface area contributed by atoms with E-state index in [1.165, 1.54) is 16.2 Å². The minimum Gasteiger partial charge on any atom is -0.489 e. The third-order valence-corrected chi connectivity index (χ3v) is 6.47. The number of rotatable bonds is 7. The minimum absolute atomic E-state index is 0.141. The highest BCUT2D eigenvalue weighted by Crippen LogP contribution is 2.41. The van der Waals surface area contributed by atoms with Crippen molar-refractivity contribution in [2.75, 3.05) is 20.2 Å². The number of amides is 1. The highest BCUT2D eigenvalue weighted by Gasteiger charge is 2.19. The number of nitrogens with zero attached hydrogens (tertiary/aromatic N) is 3. The maximum Gasteiger partial charge on any atom is 0.245 e. The lowest BCUT2D eigenvalue weighted by Crippen LogP contribution is -2.29. The second kappa shape index (κ2) is 8.88. The summed E-state index contributed by atoms with van der Waals surface area (Å²) in [5.74, 6) is 0.500. The molecule has 7 heteroatoms. The Morgan fingerprint density at radius 3 is 3.03 bits per heavy atom. The number of aromatic amines is 1. The van der Waals surface area contributed by atoms with Gasteiger partial charge in [-0.3, -0.25) is 14.8 Å². The quantitative estimate of drug-likeness (QED) is 0.328. The smallest absolute Gasteiger partial charge is 0.245 e. The van der Waals surface area contributed by atoms with Crippen molar-refractivity contribution in [3.05, 3.63) is 79.1 Å². The summed E-state index contributed by atoms with van der Waals surface area (Å²) in [6, 6.07) is 14.5. The summed E-state index contributed by atoms with van der Waals surface area (Å²) in [4.78, 5) is 25.8. The molecule has 5 aromatic rings. The van der Waals surface area contributed by atoms with Gasteiger partial charge in [0, 0.05) is 35.3 Å². The van der Waals surface area contributed by atoms with Crippen molar-refractivity contribution in [1.29, 1.82) is 0 Å². The topological polar surface area (TPSA) is 71.1 Å². The lowest BCUT2D eigenvalue weighted by Gasteiger charge is -2.16. The summed E-state index contributed by atoms with van der Waals surface area (Å²) in [6.45, 7) is 4.30. The number of carbonyl (C=O) groups excluding carboxylic acids is 1. The first-order chi connectivity index (χ1) is 16.2. The number of nitrogens with one attached hydrogen (secondary N) is 1. The molecular formula is C26H22N4O2S. The van der Waals surface area contributed by atoms with Gasteiger partial charge in [0.25, 0.3) is 0 Å². The van der Waals surface area contributed by atoms with E-state index in [-0.39, 0.29) is 5.91 Å². The normalized spacial score (nSPS) is 11.1. The SMILES string of the molecule is C=CC(=O)N(C)CCOc1cnccc1-c1[nH]c2cccnc2c1-c1ccc2ccsc2c1. The second-order valence-corrected chi connectivity index (χ2v) is 8.58. The Bertz CT molecular complexity index is 1470. The number of likely N-dealkylation sites (N-methyl/N-ethyl adjacent to an activating group) is 1. The first-order valence-corrected chi connectivity index (χ1v) is 11.4. The Morgan fingerprint density at radius 2 is 2.15 bits per heavy atom. The van der Waals surface area contributed by atoms with Gasteiger partial charge in [0.05, 0.1) is 29.5 Å². The average Bonchev–Trinajstić information content (AvgIpc) is 3.47. The number of aromatic nitrogens is 3. The molecule has 1 amide bonds. The van der Waals surface area contributed by atoms with E-state index in [0.717, 1.165) is 33.4 Å². The van der Waals surface area contributed by atoms with Crippen molar-refractivity contribution < 1.29 is 9.53 Å². The maximum absolute atomic E-state index is 11.7. The van der Waals surface area contributed by atoms with Crippen molar-refractivity contribution in [1.82, 2.24) is 19.9 Å². The fourth-order valence-electron chi connectivity index (χ4n) is 3.87. The van der Waals surface area contributed by atoms with Gasteiger partial charge in [-0.15, -0.1) is 11.3 Å². The molecular weight excluding hydrogens is 432 g/mol. The van der Waals surface area contributed by atoms with Crippen molar-refractivity contribution >= 4 is 38.4 Å². The van der Waals surface area contributed by atoms with Crippen molar-refractivity contribution in [3.8, 4) is 28.1 Å². The molecule has 1 N–H and O–H groups in total. The molecule has 0 radical (unpaired) electrons. The number of ether oxygens (including phenoxy) is 1. The van der Waals surface area contributed by atoms with E-state index in [1.54, 1.807) is 35.7 Å². The van der Waals surface area contributed by atoms with E-state index in [0.29, 0.717) is 18.9 Å². The Hall–Kier alpha value is -3.97. The zero-order valence-corrected chi connectivity index (χ0v) is 18.9. The molecule has 5 rings (SSSR count). The van der Waals surface area contributed by atoms with Crippen LogP contribution in [0.25, 0.3) is 43.5 Å². The molecule has 6 nitrogen and oxygen atoms in total. The van der Waals surface area contributed by atoms with E-state index in [9.17, 15) is 4.79 Å². The van der Waals surface area contributed by atoms with E-state index < -0.39 is 0 Å². The number of fused-ring (bicyclic) bond motifs is 2. The predicted molar refractivity (Wildman–Crippen MR) is 133 cm³/mol. The Morgan fingerprint density at radius 1 is 1.24 bits per heavy atom. The van der Waals surface area contributed by atoms with Crippen LogP contribution in [0.4, 0.5) is 0 Å². The zero-order chi connectivity index (χ0) is 22.8. The Balaban J connectivity index is 1.58. The molecule has 164 valence electrons. The van der Waals surface area contributed by atoms with Crippen LogP contribution >= 0.6 is 11.3 Å². The molecule has 0 aliphatic heterocycles. The number of hydrogen-bond donors (Lipinski definition) is 1. The number of H-pyrrole nitrogens is 1. The first-order valence-electron chi connectivity index (χ1n) is 10.5. The Kier molecular flexibility index (Phi) is 5.62. The molecule has 33 heavy (non-hydrogen) atoms. The van der Waals surface area contributed by atoms with Crippen LogP contribution in [0.5, 0.6) is 5.75 Å². The molecule has 1 aromatic carbocycles. The molecule has 0 fully saturated rings. The maximum atomic E-state index is 11.7. The second-order valence-electron chi connectivity index (χ2n) is 7.63. The van der Waals surface area contributed by atoms with Crippen LogP contribution in [0.1, 0.15) is 0 Å². The van der Waals surface area contributed by atoms with E-state index in [2.05, 4.69) is 51.2 Å². The highest BCUT2D eigenvalue weighted by atomic mass is 32.1. The zero-order valence-electron chi connectivity index (χ0n) is 18.1. The monoisotopic (exact) mass is 454 g/mol. The summed E-state index contributed by atoms with van der Waals surface area (Å²) >= 11 is 1.72. The fraction of sp³-hybridized carbons (Fsp3) is 0.115. The summed E-state index contributed by atoms with van der Waals surface area (Å²) in [7, 11) is 1.72. The number of thiophene rings is 1. The van der Waals surface area contributed by atoms with E-state index in [4.69, 9.17) is 4.74 Å². The van der Waals surface area contributed by atoms with Gasteiger partial charge in [-0.25, -0.2) is 0 Å². The van der Waals surface area contributed by atoms with Crippen LogP contribution in [-0.4, -0.2) is 46.0 Å². The molecule has 4 aromatic heterocycles. The van der Waals surface area contributed by atoms with Crippen molar-refractivity contribution in [3.63, 3.8) is 0 Å². The Labute approximate surface area is 195 Å². The van der Waals surface area contributed by atoms with Crippen molar-refractivity contribution in [2.45, 2.75) is 0 Å². The molecule has 0 spiro atoms. The number of carbonyl (C=O) groups is 1. The molecule has 0 saturated carbocycles. The first kappa shape index (κ1) is 20.9. The van der Waals surface area contributed by atoms with E-state index >= 15 is 0 Å². The molecule has 0 unspecified atom stereocenters. The van der Waals surface area contributed by atoms with Crippen LogP contribution in [-0.2, 0) is 4.79 Å². The van der Waals surface area contributed by atoms with Crippen LogP contribution in [0.2, 0.25) is 0 Å². The van der Waals surface area contributed by atoms with Gasteiger partial charge in [-0.05, 0) is 52.7 Å². The van der Waals surface area contributed by atoms with Gasteiger partial charge < -0.3 is 14.6 Å². The van der Waals surface area contributed by atoms with Crippen LogP contribution in [0.3, 0.4) is 0 Å². The largest absolute Gasteiger partial charge is 0.489 e. The number of hydrogen-bond acceptors (Lipinski definition) is 5. The van der Waals surface area contributed by atoms with Gasteiger partial charge in [0.1, 0.15) is 12.4 Å². The lowest BCUT2D eigenvalue weighted by molar-refractivity contribution is -0.125. The highest BCUT2D eigenvalue weighted by molar-refractivity contribution is 7.17.